The van der Waals surface area contributed by atoms with Crippen molar-refractivity contribution in [2.75, 3.05) is 11.7 Å². The van der Waals surface area contributed by atoms with Crippen LogP contribution in [0.1, 0.15) is 27.5 Å². The molecule has 10 heteroatoms. The van der Waals surface area contributed by atoms with Crippen LogP contribution in [0, 0.1) is 22.0 Å². The van der Waals surface area contributed by atoms with Crippen molar-refractivity contribution < 1.29 is 28.8 Å². The first-order chi connectivity index (χ1) is 18.4. The maximum absolute atomic E-state index is 14.0. The van der Waals surface area contributed by atoms with Crippen LogP contribution in [0.4, 0.5) is 11.4 Å². The Balaban J connectivity index is 1.35. The van der Waals surface area contributed by atoms with Crippen molar-refractivity contribution >= 4 is 35.0 Å². The zero-order chi connectivity index (χ0) is 26.1. The van der Waals surface area contributed by atoms with Gasteiger partial charge in [-0.05, 0) is 29.3 Å². The van der Waals surface area contributed by atoms with E-state index in [9.17, 15) is 24.5 Å². The molecular formula is C28H19N3O7. The molecule has 0 spiro atoms. The average molecular weight is 509 g/mol. The number of ketones is 1. The van der Waals surface area contributed by atoms with Gasteiger partial charge in [-0.1, -0.05) is 36.4 Å². The van der Waals surface area contributed by atoms with Crippen molar-refractivity contribution in [2.45, 2.75) is 12.1 Å². The van der Waals surface area contributed by atoms with Gasteiger partial charge >= 0.3 is 0 Å². The molecule has 4 aliphatic rings. The molecule has 3 aromatic carbocycles. The summed E-state index contributed by atoms with van der Waals surface area (Å²) >= 11 is 0. The minimum atomic E-state index is -1.02. The van der Waals surface area contributed by atoms with Crippen LogP contribution < -0.4 is 14.4 Å². The zero-order valence-electron chi connectivity index (χ0n) is 19.7. The Morgan fingerprint density at radius 3 is 2.55 bits per heavy atom. The average Bonchev–Trinajstić information content (AvgIpc) is 3.61. The predicted molar refractivity (Wildman–Crippen MR) is 133 cm³/mol. The third kappa shape index (κ3) is 3.03. The van der Waals surface area contributed by atoms with Crippen LogP contribution in [-0.2, 0) is 9.59 Å². The lowest BCUT2D eigenvalue weighted by Crippen LogP contribution is -2.44. The number of amides is 2. The Morgan fingerprint density at radius 2 is 1.71 bits per heavy atom. The number of nitro groups is 1. The molecule has 0 bridgehead atoms. The number of Topliss-reactive ketones (excluding diaryl/α,β-unsaturated/α-hetero) is 1. The van der Waals surface area contributed by atoms with Crippen molar-refractivity contribution in [1.82, 2.24) is 4.90 Å². The van der Waals surface area contributed by atoms with Gasteiger partial charge < -0.3 is 14.4 Å². The predicted octanol–water partition coefficient (Wildman–Crippen LogP) is 3.72. The molecule has 0 saturated carbocycles. The number of non-ortho nitro benzene ring substituents is 1. The van der Waals surface area contributed by atoms with Gasteiger partial charge in [0.05, 0.1) is 28.5 Å². The van der Waals surface area contributed by atoms with Crippen LogP contribution in [0.2, 0.25) is 0 Å². The summed E-state index contributed by atoms with van der Waals surface area (Å²) in [7, 11) is 0. The van der Waals surface area contributed by atoms with E-state index in [1.165, 1.54) is 24.3 Å². The third-order valence-corrected chi connectivity index (χ3v) is 7.69. The fourth-order valence-electron chi connectivity index (χ4n) is 6.08. The van der Waals surface area contributed by atoms with Gasteiger partial charge in [-0.2, -0.15) is 0 Å². The zero-order valence-corrected chi connectivity index (χ0v) is 19.7. The van der Waals surface area contributed by atoms with Gasteiger partial charge in [-0.25, -0.2) is 4.90 Å². The van der Waals surface area contributed by atoms with E-state index in [-0.39, 0.29) is 18.0 Å². The van der Waals surface area contributed by atoms with Gasteiger partial charge in [-0.15, -0.1) is 0 Å². The molecular weight excluding hydrogens is 490 g/mol. The normalized spacial score (nSPS) is 24.3. The quantitative estimate of drug-likeness (QED) is 0.226. The number of imide groups is 1. The van der Waals surface area contributed by atoms with Crippen molar-refractivity contribution in [2.24, 2.45) is 11.8 Å². The molecule has 0 aliphatic carbocycles. The van der Waals surface area contributed by atoms with Gasteiger partial charge in [0.2, 0.25) is 18.6 Å². The molecule has 7 rings (SSSR count). The first-order valence-electron chi connectivity index (χ1n) is 12.0. The van der Waals surface area contributed by atoms with E-state index in [2.05, 4.69) is 0 Å². The molecule has 188 valence electrons. The number of nitro benzene ring substituents is 1. The molecule has 2 amide bonds. The minimum Gasteiger partial charge on any atom is -0.454 e. The molecule has 0 radical (unpaired) electrons. The highest BCUT2D eigenvalue weighted by Crippen LogP contribution is 2.54. The first kappa shape index (κ1) is 22.2. The molecule has 0 aromatic heterocycles. The highest BCUT2D eigenvalue weighted by Gasteiger charge is 2.64. The summed E-state index contributed by atoms with van der Waals surface area (Å²) in [6, 6.07) is 16.3. The molecule has 4 aliphatic heterocycles. The van der Waals surface area contributed by atoms with Crippen LogP contribution in [-0.4, -0.2) is 40.3 Å². The van der Waals surface area contributed by atoms with Gasteiger partial charge in [-0.3, -0.25) is 24.5 Å². The van der Waals surface area contributed by atoms with Crippen LogP contribution >= 0.6 is 0 Å². The summed E-state index contributed by atoms with van der Waals surface area (Å²) < 4.78 is 10.8. The molecule has 3 aromatic rings. The topological polar surface area (TPSA) is 119 Å². The molecule has 2 saturated heterocycles. The van der Waals surface area contributed by atoms with Gasteiger partial charge in [0, 0.05) is 30.0 Å². The Morgan fingerprint density at radius 1 is 0.921 bits per heavy atom. The van der Waals surface area contributed by atoms with E-state index in [0.29, 0.717) is 17.2 Å². The van der Waals surface area contributed by atoms with Crippen LogP contribution in [0.5, 0.6) is 11.5 Å². The Kier molecular flexibility index (Phi) is 4.68. The second kappa shape index (κ2) is 8.01. The summed E-state index contributed by atoms with van der Waals surface area (Å²) in [5, 5.41) is 11.4. The number of ether oxygens (including phenoxy) is 2. The number of fused-ring (bicyclic) bond motifs is 6. The maximum Gasteiger partial charge on any atom is 0.270 e. The fraction of sp³-hybridized carbons (Fsp3) is 0.179. The number of rotatable bonds is 4. The molecule has 2 fully saturated rings. The lowest BCUT2D eigenvalue weighted by atomic mass is 9.83. The number of nitrogens with zero attached hydrogens (tertiary/aromatic N) is 3. The molecule has 0 N–H and O–H groups in total. The smallest absolute Gasteiger partial charge is 0.270 e. The first-order valence-corrected chi connectivity index (χ1v) is 12.0. The number of carbonyl (C=O) groups excluding carboxylic acids is 3. The molecule has 10 nitrogen and oxygen atoms in total. The summed E-state index contributed by atoms with van der Waals surface area (Å²) in [4.78, 5) is 55.6. The monoisotopic (exact) mass is 509 g/mol. The third-order valence-electron chi connectivity index (χ3n) is 7.69. The SMILES string of the molecule is O=C(c1cccc([N+](=O)[O-])c1)[C@@H]1[C@@H]2C(=O)N(c3ccc4c(c3)OCO4)C(=O)[C@@H]2C2c3ccccc3C=CN21. The Bertz CT molecular complexity index is 1600. The van der Waals surface area contributed by atoms with E-state index in [1.807, 2.05) is 30.3 Å². The van der Waals surface area contributed by atoms with Crippen LogP contribution in [0.25, 0.3) is 6.08 Å². The fourth-order valence-corrected chi connectivity index (χ4v) is 6.08. The van der Waals surface area contributed by atoms with Crippen LogP contribution in [0.3, 0.4) is 0 Å². The minimum absolute atomic E-state index is 0.0475. The number of carbonyl (C=O) groups is 3. The standard InChI is InChI=1S/C28H19N3O7/c32-26(16-5-3-6-18(12-16)31(35)36)25-23-22(24-19-7-2-1-4-15(19)10-11-29(24)25)27(33)30(28(23)34)17-8-9-20-21(13-17)38-14-37-20/h1-13,22-25H,14H2/t22-,23+,24?,25-/m0/s1. The molecule has 4 atom stereocenters. The number of hydrogen-bond donors (Lipinski definition) is 0. The highest BCUT2D eigenvalue weighted by molar-refractivity contribution is 6.24. The molecule has 4 heterocycles. The van der Waals surface area contributed by atoms with E-state index in [0.717, 1.165) is 16.0 Å². The number of anilines is 1. The lowest BCUT2D eigenvalue weighted by molar-refractivity contribution is -0.384. The largest absolute Gasteiger partial charge is 0.454 e. The highest BCUT2D eigenvalue weighted by atomic mass is 16.7. The molecule has 38 heavy (non-hydrogen) atoms. The van der Waals surface area contributed by atoms with E-state index in [4.69, 9.17) is 9.47 Å². The van der Waals surface area contributed by atoms with E-state index in [1.54, 1.807) is 29.3 Å². The van der Waals surface area contributed by atoms with E-state index < -0.39 is 46.4 Å². The van der Waals surface area contributed by atoms with Gasteiger partial charge in [0.15, 0.2) is 17.3 Å². The number of benzene rings is 3. The maximum atomic E-state index is 14.0. The summed E-state index contributed by atoms with van der Waals surface area (Å²) in [6.45, 7) is 0.0475. The Hall–Kier alpha value is -4.99. The second-order valence-electron chi connectivity index (χ2n) is 9.55. The van der Waals surface area contributed by atoms with Crippen molar-refractivity contribution in [3.63, 3.8) is 0 Å². The summed E-state index contributed by atoms with van der Waals surface area (Å²) in [5.74, 6) is -2.23. The number of hydrogen-bond acceptors (Lipinski definition) is 8. The van der Waals surface area contributed by atoms with Crippen molar-refractivity contribution in [3.8, 4) is 11.5 Å². The van der Waals surface area contributed by atoms with Crippen LogP contribution in [0.15, 0.2) is 72.9 Å². The van der Waals surface area contributed by atoms with Crippen molar-refractivity contribution in [3.05, 3.63) is 99.7 Å². The van der Waals surface area contributed by atoms with Gasteiger partial charge in [0.1, 0.15) is 6.04 Å². The van der Waals surface area contributed by atoms with Crippen molar-refractivity contribution in [1.29, 1.82) is 0 Å². The lowest BCUT2D eigenvalue weighted by Gasteiger charge is -2.35. The Labute approximate surface area is 215 Å². The summed E-state index contributed by atoms with van der Waals surface area (Å²) in [6.07, 6.45) is 3.60. The molecule has 1 unspecified atom stereocenters. The van der Waals surface area contributed by atoms with Gasteiger partial charge in [0.25, 0.3) is 5.69 Å². The second-order valence-corrected chi connectivity index (χ2v) is 9.55. The summed E-state index contributed by atoms with van der Waals surface area (Å²) in [5.41, 5.74) is 1.96. The van der Waals surface area contributed by atoms with E-state index >= 15 is 0 Å².